The highest BCUT2D eigenvalue weighted by molar-refractivity contribution is 5.94. The smallest absolute Gasteiger partial charge is 0.356 e. The summed E-state index contributed by atoms with van der Waals surface area (Å²) in [5, 5.41) is 6.85. The van der Waals surface area contributed by atoms with E-state index >= 15 is 0 Å². The third kappa shape index (κ3) is 3.51. The normalized spacial score (nSPS) is 18.3. The standard InChI is InChI=1S/C16H17F3N4O2/c1-9(16(17,18)19)15-11-8-20-13(21-10(2)24)7-12(11)23(22-15)14-5-3-4-6-25-14/h7-8,14H,1,3-6H2,2H3,(H,20,21,24). The Labute approximate surface area is 141 Å². The van der Waals surface area contributed by atoms with Gasteiger partial charge in [-0.3, -0.25) is 4.79 Å². The number of ether oxygens (including phenoxy) is 1. The van der Waals surface area contributed by atoms with E-state index in [1.807, 2.05) is 0 Å². The molecule has 0 spiro atoms. The van der Waals surface area contributed by atoms with Crippen LogP contribution in [0.4, 0.5) is 19.0 Å². The Morgan fingerprint density at radius 1 is 1.44 bits per heavy atom. The predicted octanol–water partition coefficient (Wildman–Crippen LogP) is 3.66. The molecule has 134 valence electrons. The number of nitrogens with zero attached hydrogens (tertiary/aromatic N) is 3. The van der Waals surface area contributed by atoms with Gasteiger partial charge < -0.3 is 10.1 Å². The highest BCUT2D eigenvalue weighted by atomic mass is 19.4. The molecule has 25 heavy (non-hydrogen) atoms. The largest absolute Gasteiger partial charge is 0.418 e. The quantitative estimate of drug-likeness (QED) is 0.913. The van der Waals surface area contributed by atoms with Crippen molar-refractivity contribution in [3.63, 3.8) is 0 Å². The zero-order valence-corrected chi connectivity index (χ0v) is 13.6. The number of fused-ring (bicyclic) bond motifs is 1. The van der Waals surface area contributed by atoms with Crippen LogP contribution in [-0.4, -0.2) is 33.5 Å². The molecule has 1 atom stereocenters. The van der Waals surface area contributed by atoms with Crippen molar-refractivity contribution in [2.24, 2.45) is 0 Å². The SMILES string of the molecule is C=C(c1nn(C2CCCCO2)c2cc(NC(C)=O)ncc12)C(F)(F)F. The maximum Gasteiger partial charge on any atom is 0.418 e. The number of carbonyl (C=O) groups is 1. The Bertz CT molecular complexity index is 823. The van der Waals surface area contributed by atoms with Gasteiger partial charge in [-0.15, -0.1) is 0 Å². The summed E-state index contributed by atoms with van der Waals surface area (Å²) >= 11 is 0. The number of nitrogens with one attached hydrogen (secondary N) is 1. The molecule has 9 heteroatoms. The number of pyridine rings is 1. The van der Waals surface area contributed by atoms with Crippen LogP contribution in [0.5, 0.6) is 0 Å². The molecular formula is C16H17F3N4O2. The van der Waals surface area contributed by atoms with E-state index in [9.17, 15) is 18.0 Å². The molecule has 0 saturated carbocycles. The average Bonchev–Trinajstić information content (AvgIpc) is 2.92. The van der Waals surface area contributed by atoms with Crippen LogP contribution in [0, 0.1) is 0 Å². The first-order chi connectivity index (χ1) is 11.8. The van der Waals surface area contributed by atoms with Gasteiger partial charge in [-0.1, -0.05) is 6.58 Å². The summed E-state index contributed by atoms with van der Waals surface area (Å²) in [7, 11) is 0. The molecular weight excluding hydrogens is 337 g/mol. The molecule has 0 radical (unpaired) electrons. The lowest BCUT2D eigenvalue weighted by Gasteiger charge is -2.23. The summed E-state index contributed by atoms with van der Waals surface area (Å²) in [5.74, 6) is -0.0899. The Morgan fingerprint density at radius 2 is 2.20 bits per heavy atom. The minimum absolute atomic E-state index is 0.214. The highest BCUT2D eigenvalue weighted by Gasteiger charge is 2.36. The van der Waals surface area contributed by atoms with Gasteiger partial charge in [-0.05, 0) is 19.3 Å². The van der Waals surface area contributed by atoms with Crippen LogP contribution in [0.15, 0.2) is 18.8 Å². The third-order valence-corrected chi connectivity index (χ3v) is 3.95. The third-order valence-electron chi connectivity index (χ3n) is 3.95. The van der Waals surface area contributed by atoms with Crippen molar-refractivity contribution in [1.29, 1.82) is 0 Å². The number of aromatic nitrogens is 3. The Kier molecular flexibility index (Phi) is 4.51. The lowest BCUT2D eigenvalue weighted by atomic mass is 10.1. The number of alkyl halides is 3. The van der Waals surface area contributed by atoms with Crippen LogP contribution in [0.1, 0.15) is 38.1 Å². The van der Waals surface area contributed by atoms with E-state index in [0.29, 0.717) is 18.5 Å². The molecule has 1 unspecified atom stereocenters. The first-order valence-electron chi connectivity index (χ1n) is 7.81. The molecule has 0 aromatic carbocycles. The van der Waals surface area contributed by atoms with Crippen molar-refractivity contribution in [3.05, 3.63) is 24.5 Å². The van der Waals surface area contributed by atoms with Gasteiger partial charge in [0.25, 0.3) is 0 Å². The minimum atomic E-state index is -4.60. The van der Waals surface area contributed by atoms with Gasteiger partial charge in [-0.2, -0.15) is 18.3 Å². The fraction of sp³-hybridized carbons (Fsp3) is 0.438. The van der Waals surface area contributed by atoms with Crippen LogP contribution < -0.4 is 5.32 Å². The monoisotopic (exact) mass is 354 g/mol. The van der Waals surface area contributed by atoms with Crippen LogP contribution >= 0.6 is 0 Å². The number of hydrogen-bond donors (Lipinski definition) is 1. The number of allylic oxidation sites excluding steroid dienone is 1. The summed E-state index contributed by atoms with van der Waals surface area (Å²) in [5.41, 5.74) is -0.911. The molecule has 0 bridgehead atoms. The van der Waals surface area contributed by atoms with Crippen molar-refractivity contribution in [2.75, 3.05) is 11.9 Å². The lowest BCUT2D eigenvalue weighted by molar-refractivity contribution is -0.114. The van der Waals surface area contributed by atoms with E-state index in [2.05, 4.69) is 22.0 Å². The number of hydrogen-bond acceptors (Lipinski definition) is 4. The molecule has 1 aliphatic heterocycles. The Hall–Kier alpha value is -2.42. The van der Waals surface area contributed by atoms with Gasteiger partial charge in [0.2, 0.25) is 5.91 Å². The van der Waals surface area contributed by atoms with E-state index in [0.717, 1.165) is 12.8 Å². The van der Waals surface area contributed by atoms with Crippen molar-refractivity contribution in [2.45, 2.75) is 38.6 Å². The minimum Gasteiger partial charge on any atom is -0.356 e. The topological polar surface area (TPSA) is 69.0 Å². The van der Waals surface area contributed by atoms with Gasteiger partial charge in [-0.25, -0.2) is 9.67 Å². The molecule has 6 nitrogen and oxygen atoms in total. The van der Waals surface area contributed by atoms with E-state index in [4.69, 9.17) is 4.74 Å². The number of rotatable bonds is 3. The first-order valence-corrected chi connectivity index (χ1v) is 7.81. The van der Waals surface area contributed by atoms with Crippen LogP contribution in [-0.2, 0) is 9.53 Å². The van der Waals surface area contributed by atoms with E-state index in [1.165, 1.54) is 23.9 Å². The maximum absolute atomic E-state index is 13.1. The zero-order valence-electron chi connectivity index (χ0n) is 13.6. The van der Waals surface area contributed by atoms with Crippen LogP contribution in [0.3, 0.4) is 0 Å². The number of anilines is 1. The summed E-state index contributed by atoms with van der Waals surface area (Å²) in [6.07, 6.45) is -1.36. The predicted molar refractivity (Wildman–Crippen MR) is 85.8 cm³/mol. The molecule has 1 fully saturated rings. The van der Waals surface area contributed by atoms with Gasteiger partial charge >= 0.3 is 6.18 Å². The summed E-state index contributed by atoms with van der Waals surface area (Å²) in [6.45, 7) is 4.98. The average molecular weight is 354 g/mol. The summed E-state index contributed by atoms with van der Waals surface area (Å²) in [4.78, 5) is 15.2. The van der Waals surface area contributed by atoms with Crippen molar-refractivity contribution >= 4 is 28.2 Å². The molecule has 1 amide bonds. The first kappa shape index (κ1) is 17.4. The summed E-state index contributed by atoms with van der Waals surface area (Å²) < 4.78 is 46.4. The number of carbonyl (C=O) groups excluding carboxylic acids is 1. The molecule has 1 N–H and O–H groups in total. The molecule has 2 aromatic rings. The van der Waals surface area contributed by atoms with Gasteiger partial charge in [0.15, 0.2) is 6.23 Å². The Morgan fingerprint density at radius 3 is 2.80 bits per heavy atom. The van der Waals surface area contributed by atoms with Gasteiger partial charge in [0.1, 0.15) is 11.5 Å². The van der Waals surface area contributed by atoms with Crippen LogP contribution in [0.2, 0.25) is 0 Å². The van der Waals surface area contributed by atoms with Crippen molar-refractivity contribution < 1.29 is 22.7 Å². The van der Waals surface area contributed by atoms with E-state index in [1.54, 1.807) is 0 Å². The van der Waals surface area contributed by atoms with Crippen molar-refractivity contribution in [3.8, 4) is 0 Å². The lowest BCUT2D eigenvalue weighted by Crippen LogP contribution is -2.19. The Balaban J connectivity index is 2.14. The maximum atomic E-state index is 13.1. The van der Waals surface area contributed by atoms with Gasteiger partial charge in [0, 0.05) is 31.2 Å². The summed E-state index contributed by atoms with van der Waals surface area (Å²) in [6, 6.07) is 1.49. The second-order valence-corrected chi connectivity index (χ2v) is 5.86. The molecule has 2 aromatic heterocycles. The molecule has 0 aliphatic carbocycles. The van der Waals surface area contributed by atoms with E-state index in [-0.39, 0.29) is 22.8 Å². The fourth-order valence-electron chi connectivity index (χ4n) is 2.77. The van der Waals surface area contributed by atoms with Gasteiger partial charge in [0.05, 0.1) is 11.1 Å². The second kappa shape index (κ2) is 6.47. The van der Waals surface area contributed by atoms with Crippen LogP contribution in [0.25, 0.3) is 16.5 Å². The molecule has 3 heterocycles. The second-order valence-electron chi connectivity index (χ2n) is 5.86. The number of amides is 1. The van der Waals surface area contributed by atoms with E-state index < -0.39 is 18.0 Å². The van der Waals surface area contributed by atoms with Crippen molar-refractivity contribution in [1.82, 2.24) is 14.8 Å². The molecule has 3 rings (SSSR count). The number of halogens is 3. The highest BCUT2D eigenvalue weighted by Crippen LogP contribution is 2.37. The zero-order chi connectivity index (χ0) is 18.2. The molecule has 1 aliphatic rings. The molecule has 1 saturated heterocycles. The fourth-order valence-corrected chi connectivity index (χ4v) is 2.77.